The number of hydrogen-bond acceptors (Lipinski definition) is 5. The molecule has 8 nitrogen and oxygen atoms in total. The largest absolute Gasteiger partial charge is 0.419 e. The lowest BCUT2D eigenvalue weighted by atomic mass is 9.89. The van der Waals surface area contributed by atoms with E-state index in [0.717, 1.165) is 43.1 Å². The van der Waals surface area contributed by atoms with E-state index in [1.807, 2.05) is 11.8 Å². The Kier molecular flexibility index (Phi) is 7.70. The van der Waals surface area contributed by atoms with Gasteiger partial charge in [0.1, 0.15) is 17.2 Å². The first-order valence-corrected chi connectivity index (χ1v) is 15.1. The number of alkyl halides is 3. The number of piperidine rings is 1. The minimum atomic E-state index is -4.91. The second-order valence-electron chi connectivity index (χ2n) is 10.7. The van der Waals surface area contributed by atoms with Gasteiger partial charge in [-0.15, -0.1) is 0 Å². The number of aryl methyl sites for hydroxylation is 2. The molecule has 2 aromatic rings. The molecule has 0 unspecified atom stereocenters. The van der Waals surface area contributed by atoms with Crippen molar-refractivity contribution in [1.82, 2.24) is 14.5 Å². The third kappa shape index (κ3) is 5.87. The van der Waals surface area contributed by atoms with E-state index in [2.05, 4.69) is 10.3 Å². The highest BCUT2D eigenvalue weighted by Crippen LogP contribution is 2.35. The number of carbonyl (C=O) groups is 2. The van der Waals surface area contributed by atoms with Crippen LogP contribution >= 0.6 is 0 Å². The summed E-state index contributed by atoms with van der Waals surface area (Å²) in [5, 5.41) is 2.49. The van der Waals surface area contributed by atoms with Gasteiger partial charge in [-0.25, -0.2) is 17.1 Å². The van der Waals surface area contributed by atoms with E-state index in [1.165, 1.54) is 4.31 Å². The van der Waals surface area contributed by atoms with E-state index < -0.39 is 39.0 Å². The number of rotatable bonds is 6. The van der Waals surface area contributed by atoms with Crippen molar-refractivity contribution in [3.63, 3.8) is 0 Å². The number of amides is 2. The van der Waals surface area contributed by atoms with E-state index in [-0.39, 0.29) is 55.4 Å². The summed E-state index contributed by atoms with van der Waals surface area (Å²) >= 11 is 0. The molecule has 13 heteroatoms. The van der Waals surface area contributed by atoms with Crippen molar-refractivity contribution >= 4 is 27.7 Å². The minimum absolute atomic E-state index is 0.0194. The Morgan fingerprint density at radius 1 is 1.05 bits per heavy atom. The molecule has 3 aliphatic heterocycles. The van der Waals surface area contributed by atoms with Crippen LogP contribution in [0.3, 0.4) is 0 Å². The number of nitrogens with one attached hydrogen (secondary N) is 1. The second kappa shape index (κ2) is 10.8. The van der Waals surface area contributed by atoms with Crippen LogP contribution in [0, 0.1) is 12.7 Å². The lowest BCUT2D eigenvalue weighted by Crippen LogP contribution is -2.50. The van der Waals surface area contributed by atoms with Gasteiger partial charge in [-0.2, -0.15) is 13.2 Å². The molecule has 2 fully saturated rings. The Balaban J connectivity index is 1.22. The van der Waals surface area contributed by atoms with Crippen molar-refractivity contribution in [2.45, 2.75) is 50.7 Å². The minimum Gasteiger partial charge on any atom is -0.339 e. The highest BCUT2D eigenvalue weighted by atomic mass is 32.2. The third-order valence-corrected chi connectivity index (χ3v) is 9.95. The topological polar surface area (TPSA) is 99.2 Å². The molecule has 5 rings (SSSR count). The van der Waals surface area contributed by atoms with Crippen LogP contribution in [-0.2, 0) is 27.4 Å². The van der Waals surface area contributed by atoms with Crippen molar-refractivity contribution in [3.8, 4) is 0 Å². The van der Waals surface area contributed by atoms with Gasteiger partial charge in [0, 0.05) is 37.3 Å². The highest BCUT2D eigenvalue weighted by Gasteiger charge is 2.47. The molecule has 0 aliphatic carbocycles. The first-order chi connectivity index (χ1) is 19.3. The van der Waals surface area contributed by atoms with Gasteiger partial charge in [0.15, 0.2) is 0 Å². The molecule has 0 aromatic heterocycles. The van der Waals surface area contributed by atoms with E-state index >= 15 is 0 Å². The van der Waals surface area contributed by atoms with Crippen LogP contribution in [0.1, 0.15) is 58.3 Å². The van der Waals surface area contributed by atoms with Gasteiger partial charge in [-0.05, 0) is 80.5 Å². The van der Waals surface area contributed by atoms with E-state index in [4.69, 9.17) is 0 Å². The third-order valence-electron chi connectivity index (χ3n) is 8.08. The predicted molar refractivity (Wildman–Crippen MR) is 143 cm³/mol. The zero-order valence-corrected chi connectivity index (χ0v) is 23.2. The number of amidine groups is 1. The number of carbonyl (C=O) groups excluding carboxylic acids is 2. The lowest BCUT2D eigenvalue weighted by molar-refractivity contribution is -0.140. The van der Waals surface area contributed by atoms with Crippen LogP contribution in [0.4, 0.5) is 17.6 Å². The number of aliphatic imine (C=N–C) groups is 1. The Bertz CT molecular complexity index is 1510. The Morgan fingerprint density at radius 3 is 2.37 bits per heavy atom. The predicted octanol–water partition coefficient (Wildman–Crippen LogP) is 3.67. The fraction of sp³-hybridized carbons (Fsp3) is 0.464. The molecule has 2 amide bonds. The Hall–Kier alpha value is -3.32. The van der Waals surface area contributed by atoms with Crippen LogP contribution in [0.15, 0.2) is 41.4 Å². The number of benzene rings is 2. The van der Waals surface area contributed by atoms with Gasteiger partial charge >= 0.3 is 6.18 Å². The van der Waals surface area contributed by atoms with Gasteiger partial charge in [-0.1, -0.05) is 6.07 Å². The average molecular weight is 595 g/mol. The van der Waals surface area contributed by atoms with Crippen molar-refractivity contribution < 1.29 is 35.6 Å². The maximum absolute atomic E-state index is 13.7. The van der Waals surface area contributed by atoms with Crippen molar-refractivity contribution in [2.75, 3.05) is 31.9 Å². The molecule has 0 radical (unpaired) electrons. The summed E-state index contributed by atoms with van der Waals surface area (Å²) in [5.41, 5.74) is -0.604. The highest BCUT2D eigenvalue weighted by molar-refractivity contribution is 7.89. The quantitative estimate of drug-likeness (QED) is 0.516. The smallest absolute Gasteiger partial charge is 0.339 e. The molecule has 1 N–H and O–H groups in total. The first-order valence-electron chi connectivity index (χ1n) is 13.4. The standard InChI is InChI=1S/C28H30F4N4O4S/c1-18-16-21(25(37)35-11-2-3-12-35)5-4-19(18)8-15-41(39,40)36-13-9-27(10-14-36)26(38)33-24(34-27)20-6-7-23(29)22(17-20)28(30,31)32/h4-7,16-17H,2-3,8-15H2,1H3,(H,33,34,38). The van der Waals surface area contributed by atoms with Crippen LogP contribution in [0.5, 0.6) is 0 Å². The SMILES string of the molecule is Cc1cc(C(=O)N2CCCC2)ccc1CCS(=O)(=O)N1CCC2(CC1)N=C(c1ccc(F)c(C(F)(F)F)c1)NC2=O. The van der Waals surface area contributed by atoms with Crippen LogP contribution in [-0.4, -0.2) is 72.7 Å². The van der Waals surface area contributed by atoms with Crippen molar-refractivity contribution in [2.24, 2.45) is 4.99 Å². The monoisotopic (exact) mass is 594 g/mol. The molecule has 3 aliphatic rings. The summed E-state index contributed by atoms with van der Waals surface area (Å²) in [4.78, 5) is 31.7. The fourth-order valence-corrected chi connectivity index (χ4v) is 7.07. The zero-order chi connectivity index (χ0) is 29.6. The van der Waals surface area contributed by atoms with Crippen molar-refractivity contribution in [1.29, 1.82) is 0 Å². The zero-order valence-electron chi connectivity index (χ0n) is 22.4. The molecule has 2 aromatic carbocycles. The van der Waals surface area contributed by atoms with E-state index in [9.17, 15) is 35.6 Å². The van der Waals surface area contributed by atoms with Crippen molar-refractivity contribution in [3.05, 3.63) is 70.0 Å². The van der Waals surface area contributed by atoms with Crippen LogP contribution in [0.25, 0.3) is 0 Å². The maximum atomic E-state index is 13.7. The van der Waals surface area contributed by atoms with E-state index in [0.29, 0.717) is 17.7 Å². The fourth-order valence-electron chi connectivity index (χ4n) is 5.60. The summed E-state index contributed by atoms with van der Waals surface area (Å²) in [7, 11) is -3.68. The summed E-state index contributed by atoms with van der Waals surface area (Å²) in [6, 6.07) is 7.70. The van der Waals surface area contributed by atoms with Gasteiger partial charge < -0.3 is 10.2 Å². The number of hydrogen-bond donors (Lipinski definition) is 1. The van der Waals surface area contributed by atoms with E-state index in [1.54, 1.807) is 18.2 Å². The number of sulfonamides is 1. The molecule has 3 heterocycles. The Labute approximate surface area is 235 Å². The van der Waals surface area contributed by atoms with Crippen LogP contribution in [0.2, 0.25) is 0 Å². The van der Waals surface area contributed by atoms with Crippen LogP contribution < -0.4 is 5.32 Å². The molecular weight excluding hydrogens is 564 g/mol. The van der Waals surface area contributed by atoms with Gasteiger partial charge in [-0.3, -0.25) is 14.6 Å². The van der Waals surface area contributed by atoms with Gasteiger partial charge in [0.25, 0.3) is 11.8 Å². The molecule has 1 spiro atoms. The molecule has 41 heavy (non-hydrogen) atoms. The molecule has 0 atom stereocenters. The number of halogens is 4. The molecular formula is C28H30F4N4O4S. The number of nitrogens with zero attached hydrogens (tertiary/aromatic N) is 3. The first kappa shape index (κ1) is 29.2. The normalized spacial score (nSPS) is 19.5. The summed E-state index contributed by atoms with van der Waals surface area (Å²) in [6.45, 7) is 3.38. The maximum Gasteiger partial charge on any atom is 0.419 e. The molecule has 0 saturated carbocycles. The molecule has 220 valence electrons. The second-order valence-corrected chi connectivity index (χ2v) is 12.8. The summed E-state index contributed by atoms with van der Waals surface area (Å²) in [5.74, 6) is -2.23. The molecule has 0 bridgehead atoms. The Morgan fingerprint density at radius 2 is 1.73 bits per heavy atom. The number of likely N-dealkylation sites (tertiary alicyclic amines) is 1. The summed E-state index contributed by atoms with van der Waals surface area (Å²) in [6.07, 6.45) is -2.56. The summed E-state index contributed by atoms with van der Waals surface area (Å²) < 4.78 is 80.7. The lowest BCUT2D eigenvalue weighted by Gasteiger charge is -2.34. The average Bonchev–Trinajstić information content (AvgIpc) is 3.56. The van der Waals surface area contributed by atoms with Gasteiger partial charge in [0.05, 0.1) is 11.3 Å². The van der Waals surface area contributed by atoms with Gasteiger partial charge in [0.2, 0.25) is 10.0 Å². The molecule has 2 saturated heterocycles.